The maximum absolute atomic E-state index is 5.64. The number of rotatable bonds is 3. The summed E-state index contributed by atoms with van der Waals surface area (Å²) in [6, 6.07) is 1.64. The zero-order chi connectivity index (χ0) is 11.7. The Kier molecular flexibility index (Phi) is 4.48. The van der Waals surface area contributed by atoms with E-state index in [1.165, 1.54) is 25.9 Å². The molecule has 0 radical (unpaired) electrons. The van der Waals surface area contributed by atoms with Crippen LogP contribution >= 0.6 is 24.0 Å². The van der Waals surface area contributed by atoms with Crippen molar-refractivity contribution in [2.75, 3.05) is 19.6 Å². The standard InChI is InChI=1S/C11H14ClN3O2.ClH/c12-11-5-9(17-14-11)7-16-13-10-6-15-3-1-8(10)2-4-15;/h5,8H,1-4,6-7H2;1H. The van der Waals surface area contributed by atoms with Gasteiger partial charge in [-0.15, -0.1) is 12.4 Å². The van der Waals surface area contributed by atoms with Crippen molar-refractivity contribution in [2.24, 2.45) is 11.1 Å². The number of oxime groups is 1. The van der Waals surface area contributed by atoms with Gasteiger partial charge in [0.2, 0.25) is 0 Å². The van der Waals surface area contributed by atoms with Gasteiger partial charge in [0, 0.05) is 18.5 Å². The SMILES string of the molecule is Cl.Clc1cc(CON=C2CN3CCC2CC3)on1. The quantitative estimate of drug-likeness (QED) is 0.802. The molecule has 0 aliphatic carbocycles. The first-order valence-electron chi connectivity index (χ1n) is 5.83. The van der Waals surface area contributed by atoms with E-state index < -0.39 is 0 Å². The average molecular weight is 292 g/mol. The Hall–Kier alpha value is -0.780. The maximum atomic E-state index is 5.64. The highest BCUT2D eigenvalue weighted by molar-refractivity contribution is 6.29. The smallest absolute Gasteiger partial charge is 0.178 e. The third kappa shape index (κ3) is 2.96. The maximum Gasteiger partial charge on any atom is 0.178 e. The predicted octanol–water partition coefficient (Wildman–Crippen LogP) is 2.35. The molecule has 3 aliphatic rings. The van der Waals surface area contributed by atoms with E-state index in [-0.39, 0.29) is 19.0 Å². The lowest BCUT2D eigenvalue weighted by Crippen LogP contribution is -2.47. The molecular formula is C11H15Cl2N3O2. The van der Waals surface area contributed by atoms with Crippen LogP contribution in [0.15, 0.2) is 15.7 Å². The fourth-order valence-electron chi connectivity index (χ4n) is 2.42. The highest BCUT2D eigenvalue weighted by Crippen LogP contribution is 2.25. The molecule has 7 heteroatoms. The monoisotopic (exact) mass is 291 g/mol. The van der Waals surface area contributed by atoms with Crippen molar-refractivity contribution >= 4 is 29.7 Å². The molecule has 3 fully saturated rings. The zero-order valence-corrected chi connectivity index (χ0v) is 11.4. The van der Waals surface area contributed by atoms with E-state index in [0.29, 0.717) is 16.8 Å². The van der Waals surface area contributed by atoms with Crippen LogP contribution in [0.4, 0.5) is 0 Å². The summed E-state index contributed by atoms with van der Waals surface area (Å²) in [7, 11) is 0. The largest absolute Gasteiger partial charge is 0.387 e. The predicted molar refractivity (Wildman–Crippen MR) is 70.1 cm³/mol. The number of fused-ring (bicyclic) bond motifs is 3. The minimum Gasteiger partial charge on any atom is -0.387 e. The van der Waals surface area contributed by atoms with Crippen LogP contribution in [0.1, 0.15) is 18.6 Å². The molecule has 0 N–H and O–H groups in total. The van der Waals surface area contributed by atoms with E-state index in [4.69, 9.17) is 21.0 Å². The van der Waals surface area contributed by atoms with E-state index in [1.54, 1.807) is 6.07 Å². The second-order valence-electron chi connectivity index (χ2n) is 4.52. The molecule has 0 aromatic carbocycles. The van der Waals surface area contributed by atoms with E-state index in [9.17, 15) is 0 Å². The summed E-state index contributed by atoms with van der Waals surface area (Å²) >= 11 is 5.64. The van der Waals surface area contributed by atoms with Gasteiger partial charge in [-0.3, -0.25) is 4.90 Å². The van der Waals surface area contributed by atoms with Crippen LogP contribution in [-0.2, 0) is 11.4 Å². The number of nitrogens with zero attached hydrogens (tertiary/aromatic N) is 3. The first-order chi connectivity index (χ1) is 8.31. The first-order valence-corrected chi connectivity index (χ1v) is 6.21. The molecule has 0 saturated carbocycles. The number of halogens is 2. The molecule has 3 aliphatic heterocycles. The topological polar surface area (TPSA) is 50.9 Å². The van der Waals surface area contributed by atoms with Gasteiger partial charge < -0.3 is 9.36 Å². The summed E-state index contributed by atoms with van der Waals surface area (Å²) in [5.74, 6) is 1.21. The van der Waals surface area contributed by atoms with Gasteiger partial charge in [0.15, 0.2) is 17.5 Å². The van der Waals surface area contributed by atoms with Crippen molar-refractivity contribution in [3.05, 3.63) is 17.0 Å². The summed E-state index contributed by atoms with van der Waals surface area (Å²) in [6.45, 7) is 3.63. The van der Waals surface area contributed by atoms with Gasteiger partial charge in [-0.2, -0.15) is 0 Å². The summed E-state index contributed by atoms with van der Waals surface area (Å²) in [5.41, 5.74) is 1.16. The minimum atomic E-state index is 0. The number of piperidine rings is 3. The fourth-order valence-corrected chi connectivity index (χ4v) is 2.58. The van der Waals surface area contributed by atoms with Gasteiger partial charge in [-0.05, 0) is 25.9 Å². The van der Waals surface area contributed by atoms with Gasteiger partial charge in [-0.25, -0.2) is 0 Å². The number of aromatic nitrogens is 1. The summed E-state index contributed by atoms with van der Waals surface area (Å²) < 4.78 is 4.93. The molecule has 100 valence electrons. The van der Waals surface area contributed by atoms with Crippen molar-refractivity contribution in [1.29, 1.82) is 0 Å². The molecule has 3 saturated heterocycles. The molecule has 4 heterocycles. The van der Waals surface area contributed by atoms with E-state index in [2.05, 4.69) is 15.2 Å². The molecule has 1 aromatic rings. The lowest BCUT2D eigenvalue weighted by Gasteiger charge is -2.39. The summed E-state index contributed by atoms with van der Waals surface area (Å²) in [6.07, 6.45) is 2.41. The van der Waals surface area contributed by atoms with Crippen LogP contribution in [0.2, 0.25) is 5.15 Å². The molecule has 0 unspecified atom stereocenters. The summed E-state index contributed by atoms with van der Waals surface area (Å²) in [4.78, 5) is 7.70. The van der Waals surface area contributed by atoms with Crippen molar-refractivity contribution in [1.82, 2.24) is 10.1 Å². The highest BCUT2D eigenvalue weighted by atomic mass is 35.5. The summed E-state index contributed by atoms with van der Waals surface area (Å²) in [5, 5.41) is 8.13. The van der Waals surface area contributed by atoms with Gasteiger partial charge in [-0.1, -0.05) is 21.9 Å². The van der Waals surface area contributed by atoms with Crippen LogP contribution < -0.4 is 0 Å². The zero-order valence-electron chi connectivity index (χ0n) is 9.84. The molecule has 2 bridgehead atoms. The molecule has 18 heavy (non-hydrogen) atoms. The lowest BCUT2D eigenvalue weighted by atomic mass is 9.87. The Morgan fingerprint density at radius 2 is 2.28 bits per heavy atom. The third-order valence-corrected chi connectivity index (χ3v) is 3.54. The van der Waals surface area contributed by atoms with Crippen LogP contribution in [0.3, 0.4) is 0 Å². The van der Waals surface area contributed by atoms with Gasteiger partial charge in [0.1, 0.15) is 0 Å². The Balaban J connectivity index is 0.00000120. The Morgan fingerprint density at radius 1 is 1.50 bits per heavy atom. The molecule has 1 aromatic heterocycles. The molecule has 5 nitrogen and oxygen atoms in total. The van der Waals surface area contributed by atoms with E-state index >= 15 is 0 Å². The van der Waals surface area contributed by atoms with Crippen LogP contribution in [0.25, 0.3) is 0 Å². The Labute approximate surface area is 116 Å². The van der Waals surface area contributed by atoms with Gasteiger partial charge >= 0.3 is 0 Å². The first kappa shape index (κ1) is 13.6. The normalized spacial score (nSPS) is 28.2. The molecule has 0 atom stereocenters. The van der Waals surface area contributed by atoms with Gasteiger partial charge in [0.05, 0.1) is 5.71 Å². The van der Waals surface area contributed by atoms with Gasteiger partial charge in [0.25, 0.3) is 0 Å². The second-order valence-corrected chi connectivity index (χ2v) is 4.91. The molecule has 0 amide bonds. The molecule has 0 spiro atoms. The Morgan fingerprint density at radius 3 is 2.83 bits per heavy atom. The number of hydrogen-bond acceptors (Lipinski definition) is 5. The van der Waals surface area contributed by atoms with Crippen LogP contribution in [0.5, 0.6) is 0 Å². The molecule has 4 rings (SSSR count). The molecular weight excluding hydrogens is 277 g/mol. The van der Waals surface area contributed by atoms with Crippen molar-refractivity contribution in [3.8, 4) is 0 Å². The second kappa shape index (κ2) is 5.91. The van der Waals surface area contributed by atoms with E-state index in [0.717, 1.165) is 12.3 Å². The van der Waals surface area contributed by atoms with Crippen molar-refractivity contribution < 1.29 is 9.36 Å². The van der Waals surface area contributed by atoms with Crippen molar-refractivity contribution in [2.45, 2.75) is 19.4 Å². The van der Waals surface area contributed by atoms with Crippen molar-refractivity contribution in [3.63, 3.8) is 0 Å². The minimum absolute atomic E-state index is 0. The number of hydrogen-bond donors (Lipinski definition) is 0. The van der Waals surface area contributed by atoms with Crippen LogP contribution in [0, 0.1) is 5.92 Å². The van der Waals surface area contributed by atoms with E-state index in [1.807, 2.05) is 0 Å². The fraction of sp³-hybridized carbons (Fsp3) is 0.636. The highest BCUT2D eigenvalue weighted by Gasteiger charge is 2.31. The lowest BCUT2D eigenvalue weighted by molar-refractivity contribution is 0.100. The van der Waals surface area contributed by atoms with Crippen LogP contribution in [-0.4, -0.2) is 35.4 Å². The third-order valence-electron chi connectivity index (χ3n) is 3.36. The Bertz CT molecular complexity index is 428. The average Bonchev–Trinajstić information content (AvgIpc) is 2.77.